The third-order valence-corrected chi connectivity index (χ3v) is 3.33. The first-order valence-corrected chi connectivity index (χ1v) is 7.20. The Labute approximate surface area is 124 Å². The number of benzene rings is 1. The zero-order valence-electron chi connectivity index (χ0n) is 12.4. The molecular formula is C16H20N2O3. The number of nitro groups is 1. The lowest BCUT2D eigenvalue weighted by Gasteiger charge is -2.22. The molecule has 0 unspecified atom stereocenters. The molecule has 0 aliphatic heterocycles. The fourth-order valence-corrected chi connectivity index (χ4v) is 2.20. The highest BCUT2D eigenvalue weighted by atomic mass is 16.6. The molecule has 0 atom stereocenters. The maximum absolute atomic E-state index is 12.3. The molecule has 0 heterocycles. The highest BCUT2D eigenvalue weighted by Gasteiger charge is 2.31. The van der Waals surface area contributed by atoms with E-state index in [4.69, 9.17) is 0 Å². The van der Waals surface area contributed by atoms with Crippen LogP contribution in [0.3, 0.4) is 0 Å². The molecular weight excluding hydrogens is 268 g/mol. The van der Waals surface area contributed by atoms with Gasteiger partial charge < -0.3 is 4.90 Å². The molecule has 1 saturated carbocycles. The predicted octanol–water partition coefficient (Wildman–Crippen LogP) is 3.26. The van der Waals surface area contributed by atoms with Gasteiger partial charge in [-0.15, -0.1) is 0 Å². The van der Waals surface area contributed by atoms with Crippen LogP contribution in [0.25, 0.3) is 6.08 Å². The van der Waals surface area contributed by atoms with Crippen molar-refractivity contribution in [2.75, 3.05) is 6.54 Å². The van der Waals surface area contributed by atoms with Gasteiger partial charge in [-0.3, -0.25) is 14.9 Å². The summed E-state index contributed by atoms with van der Waals surface area (Å²) >= 11 is 0. The Balaban J connectivity index is 2.06. The summed E-state index contributed by atoms with van der Waals surface area (Å²) in [5.74, 6) is 0.415. The van der Waals surface area contributed by atoms with Crippen LogP contribution in [0.5, 0.6) is 0 Å². The van der Waals surface area contributed by atoms with Gasteiger partial charge >= 0.3 is 0 Å². The number of nitro benzene ring substituents is 1. The van der Waals surface area contributed by atoms with E-state index >= 15 is 0 Å². The summed E-state index contributed by atoms with van der Waals surface area (Å²) in [6.07, 6.45) is 5.30. The highest BCUT2D eigenvalue weighted by molar-refractivity contribution is 5.92. The second-order valence-corrected chi connectivity index (χ2v) is 5.80. The SMILES string of the molecule is CC(C)CN(C(=O)/C=C/c1cccc([N+](=O)[O-])c1)C1CC1. The molecule has 0 bridgehead atoms. The Morgan fingerprint density at radius 2 is 2.19 bits per heavy atom. The minimum absolute atomic E-state index is 0.0160. The molecule has 0 spiro atoms. The van der Waals surface area contributed by atoms with Crippen LogP contribution in [0.4, 0.5) is 5.69 Å². The number of nitrogens with zero attached hydrogens (tertiary/aromatic N) is 2. The molecule has 21 heavy (non-hydrogen) atoms. The number of carbonyl (C=O) groups excluding carboxylic acids is 1. The van der Waals surface area contributed by atoms with Gasteiger partial charge in [0, 0.05) is 30.8 Å². The van der Waals surface area contributed by atoms with E-state index in [2.05, 4.69) is 13.8 Å². The van der Waals surface area contributed by atoms with Gasteiger partial charge in [0.25, 0.3) is 5.69 Å². The highest BCUT2D eigenvalue weighted by Crippen LogP contribution is 2.28. The van der Waals surface area contributed by atoms with Gasteiger partial charge in [0.1, 0.15) is 0 Å². The fraction of sp³-hybridized carbons (Fsp3) is 0.438. The van der Waals surface area contributed by atoms with Crippen LogP contribution >= 0.6 is 0 Å². The molecule has 1 fully saturated rings. The average molecular weight is 288 g/mol. The Bertz CT molecular complexity index is 562. The van der Waals surface area contributed by atoms with Crippen molar-refractivity contribution in [2.45, 2.75) is 32.7 Å². The molecule has 1 aromatic rings. The van der Waals surface area contributed by atoms with Gasteiger partial charge in [0.15, 0.2) is 0 Å². The number of hydrogen-bond acceptors (Lipinski definition) is 3. The Morgan fingerprint density at radius 1 is 1.48 bits per heavy atom. The molecule has 0 radical (unpaired) electrons. The molecule has 0 aromatic heterocycles. The minimum Gasteiger partial charge on any atom is -0.336 e. The van der Waals surface area contributed by atoms with E-state index in [0.717, 1.165) is 19.4 Å². The van der Waals surface area contributed by atoms with E-state index in [0.29, 0.717) is 17.5 Å². The topological polar surface area (TPSA) is 63.5 Å². The van der Waals surface area contributed by atoms with Crippen molar-refractivity contribution in [3.05, 3.63) is 46.0 Å². The number of amides is 1. The lowest BCUT2D eigenvalue weighted by atomic mass is 10.1. The van der Waals surface area contributed by atoms with Crippen molar-refractivity contribution in [3.63, 3.8) is 0 Å². The monoisotopic (exact) mass is 288 g/mol. The summed E-state index contributed by atoms with van der Waals surface area (Å²) in [4.78, 5) is 24.4. The van der Waals surface area contributed by atoms with E-state index in [1.807, 2.05) is 4.90 Å². The maximum atomic E-state index is 12.3. The van der Waals surface area contributed by atoms with Crippen LogP contribution in [0.1, 0.15) is 32.3 Å². The molecule has 2 rings (SSSR count). The number of non-ortho nitro benzene ring substituents is 1. The molecule has 1 aliphatic carbocycles. The van der Waals surface area contributed by atoms with Gasteiger partial charge in [-0.05, 0) is 30.4 Å². The van der Waals surface area contributed by atoms with E-state index < -0.39 is 4.92 Å². The fourth-order valence-electron chi connectivity index (χ4n) is 2.20. The molecule has 112 valence electrons. The Morgan fingerprint density at radius 3 is 2.76 bits per heavy atom. The van der Waals surface area contributed by atoms with Crippen LogP contribution in [0, 0.1) is 16.0 Å². The smallest absolute Gasteiger partial charge is 0.270 e. The zero-order chi connectivity index (χ0) is 15.4. The van der Waals surface area contributed by atoms with Crippen LogP contribution in [0.15, 0.2) is 30.3 Å². The summed E-state index contributed by atoms with van der Waals surface area (Å²) in [6, 6.07) is 6.65. The summed E-state index contributed by atoms with van der Waals surface area (Å²) in [7, 11) is 0. The van der Waals surface area contributed by atoms with Gasteiger partial charge in [0.05, 0.1) is 4.92 Å². The third kappa shape index (κ3) is 4.41. The molecule has 1 aromatic carbocycles. The van der Waals surface area contributed by atoms with Crippen LogP contribution in [-0.2, 0) is 4.79 Å². The minimum atomic E-state index is -0.436. The second kappa shape index (κ2) is 6.52. The standard InChI is InChI=1S/C16H20N2O3/c1-12(2)11-17(14-7-8-14)16(19)9-6-13-4-3-5-15(10-13)18(20)21/h3-6,9-10,12,14H,7-8,11H2,1-2H3/b9-6+. The quantitative estimate of drug-likeness (QED) is 0.458. The van der Waals surface area contributed by atoms with Crippen molar-refractivity contribution >= 4 is 17.7 Å². The first kappa shape index (κ1) is 15.2. The lowest BCUT2D eigenvalue weighted by molar-refractivity contribution is -0.384. The molecule has 5 heteroatoms. The molecule has 0 N–H and O–H groups in total. The van der Waals surface area contributed by atoms with Gasteiger partial charge in [-0.2, -0.15) is 0 Å². The molecule has 0 saturated heterocycles. The number of carbonyl (C=O) groups is 1. The maximum Gasteiger partial charge on any atom is 0.270 e. The van der Waals surface area contributed by atoms with Crippen molar-refractivity contribution in [1.82, 2.24) is 4.90 Å². The zero-order valence-corrected chi connectivity index (χ0v) is 12.4. The van der Waals surface area contributed by atoms with Crippen molar-refractivity contribution in [3.8, 4) is 0 Å². The molecule has 1 amide bonds. The van der Waals surface area contributed by atoms with Gasteiger partial charge in [0.2, 0.25) is 5.91 Å². The Hall–Kier alpha value is -2.17. The molecule has 1 aliphatic rings. The van der Waals surface area contributed by atoms with Crippen molar-refractivity contribution in [1.29, 1.82) is 0 Å². The van der Waals surface area contributed by atoms with Crippen molar-refractivity contribution < 1.29 is 9.72 Å². The van der Waals surface area contributed by atoms with Gasteiger partial charge in [-0.1, -0.05) is 26.0 Å². The van der Waals surface area contributed by atoms with E-state index in [1.54, 1.807) is 18.2 Å². The van der Waals surface area contributed by atoms with Crippen LogP contribution < -0.4 is 0 Å². The Kier molecular flexibility index (Phi) is 4.73. The average Bonchev–Trinajstić information content (AvgIpc) is 3.26. The van der Waals surface area contributed by atoms with Crippen LogP contribution in [0.2, 0.25) is 0 Å². The van der Waals surface area contributed by atoms with Crippen LogP contribution in [-0.4, -0.2) is 28.3 Å². The van der Waals surface area contributed by atoms with E-state index in [-0.39, 0.29) is 11.6 Å². The lowest BCUT2D eigenvalue weighted by Crippen LogP contribution is -2.34. The summed E-state index contributed by atoms with van der Waals surface area (Å²) in [5, 5.41) is 10.7. The molecule has 5 nitrogen and oxygen atoms in total. The number of rotatable bonds is 6. The summed E-state index contributed by atoms with van der Waals surface area (Å²) in [6.45, 7) is 4.93. The largest absolute Gasteiger partial charge is 0.336 e. The van der Waals surface area contributed by atoms with Crippen molar-refractivity contribution in [2.24, 2.45) is 5.92 Å². The first-order valence-electron chi connectivity index (χ1n) is 7.20. The first-order chi connectivity index (χ1) is 9.97. The second-order valence-electron chi connectivity index (χ2n) is 5.80. The van der Waals surface area contributed by atoms with E-state index in [1.165, 1.54) is 18.2 Å². The van der Waals surface area contributed by atoms with Gasteiger partial charge in [-0.25, -0.2) is 0 Å². The predicted molar refractivity (Wildman–Crippen MR) is 81.7 cm³/mol. The third-order valence-electron chi connectivity index (χ3n) is 3.33. The van der Waals surface area contributed by atoms with E-state index in [9.17, 15) is 14.9 Å². The number of hydrogen-bond donors (Lipinski definition) is 0. The summed E-state index contributed by atoms with van der Waals surface area (Å²) in [5.41, 5.74) is 0.698. The normalized spacial score (nSPS) is 14.6. The summed E-state index contributed by atoms with van der Waals surface area (Å²) < 4.78 is 0.